The molecule has 0 amide bonds. The third-order valence-corrected chi connectivity index (χ3v) is 2.99. The molecule has 0 aliphatic rings. The zero-order chi connectivity index (χ0) is 15.3. The van der Waals surface area contributed by atoms with Gasteiger partial charge in [0.2, 0.25) is 0 Å². The monoisotopic (exact) mass is 299 g/mol. The van der Waals surface area contributed by atoms with Crippen LogP contribution in [0.25, 0.3) is 0 Å². The number of guanidine groups is 1. The molecule has 0 spiro atoms. The molecule has 112 valence electrons. The summed E-state index contributed by atoms with van der Waals surface area (Å²) in [6.45, 7) is 0.238. The van der Waals surface area contributed by atoms with Crippen LogP contribution < -0.4 is 4.74 Å². The van der Waals surface area contributed by atoms with E-state index in [4.69, 9.17) is 16.3 Å². The summed E-state index contributed by atoms with van der Waals surface area (Å²) in [5.41, 5.74) is 0.639. The number of hydrogen-bond acceptors (Lipinski definition) is 3. The van der Waals surface area contributed by atoms with Crippen LogP contribution in [-0.4, -0.2) is 62.7 Å². The lowest BCUT2D eigenvalue weighted by molar-refractivity contribution is 0.182. The van der Waals surface area contributed by atoms with Gasteiger partial charge < -0.3 is 19.6 Å². The molecule has 0 saturated heterocycles. The van der Waals surface area contributed by atoms with Crippen molar-refractivity contribution in [1.82, 2.24) is 9.80 Å². The summed E-state index contributed by atoms with van der Waals surface area (Å²) in [5, 5.41) is 10.8. The van der Waals surface area contributed by atoms with Crippen LogP contribution in [0.3, 0.4) is 0 Å². The van der Waals surface area contributed by atoms with Crippen molar-refractivity contribution >= 4 is 17.6 Å². The van der Waals surface area contributed by atoms with Gasteiger partial charge in [-0.3, -0.25) is 0 Å². The Kier molecular flexibility index (Phi) is 6.10. The standard InChI is InChI=1S/C14H22ClN3O2/c1-17(2)14(18(3)4)16-9-12(19)11-8-10(15)6-7-13(11)20-5/h6-8,12,19H,9H2,1-5H3. The highest BCUT2D eigenvalue weighted by Gasteiger charge is 2.14. The summed E-state index contributed by atoms with van der Waals surface area (Å²) < 4.78 is 5.24. The number of halogens is 1. The quantitative estimate of drug-likeness (QED) is 0.681. The van der Waals surface area contributed by atoms with Gasteiger partial charge in [-0.25, -0.2) is 4.99 Å². The third kappa shape index (κ3) is 4.28. The Morgan fingerprint density at radius 3 is 2.40 bits per heavy atom. The van der Waals surface area contributed by atoms with Gasteiger partial charge in [0.15, 0.2) is 5.96 Å². The maximum Gasteiger partial charge on any atom is 0.195 e. The Morgan fingerprint density at radius 2 is 1.90 bits per heavy atom. The molecule has 6 heteroatoms. The van der Waals surface area contributed by atoms with E-state index in [1.165, 1.54) is 0 Å². The molecule has 0 bridgehead atoms. The van der Waals surface area contributed by atoms with Gasteiger partial charge in [-0.2, -0.15) is 0 Å². The first-order valence-electron chi connectivity index (χ1n) is 6.27. The fourth-order valence-corrected chi connectivity index (χ4v) is 2.10. The van der Waals surface area contributed by atoms with Crippen molar-refractivity contribution in [2.75, 3.05) is 41.8 Å². The van der Waals surface area contributed by atoms with Crippen molar-refractivity contribution in [2.45, 2.75) is 6.10 Å². The lowest BCUT2D eigenvalue weighted by Crippen LogP contribution is -2.35. The van der Waals surface area contributed by atoms with Crippen LogP contribution in [0.15, 0.2) is 23.2 Å². The topological polar surface area (TPSA) is 48.3 Å². The first kappa shape index (κ1) is 16.6. The van der Waals surface area contributed by atoms with Crippen LogP contribution in [0.5, 0.6) is 5.75 Å². The third-order valence-electron chi connectivity index (χ3n) is 2.76. The Labute approximate surface area is 125 Å². The maximum atomic E-state index is 10.3. The second kappa shape index (κ2) is 7.36. The van der Waals surface area contributed by atoms with Crippen LogP contribution in [0, 0.1) is 0 Å². The number of nitrogens with zero attached hydrogens (tertiary/aromatic N) is 3. The highest BCUT2D eigenvalue weighted by Crippen LogP contribution is 2.28. The van der Waals surface area contributed by atoms with Crippen molar-refractivity contribution in [1.29, 1.82) is 0 Å². The van der Waals surface area contributed by atoms with E-state index in [2.05, 4.69) is 4.99 Å². The van der Waals surface area contributed by atoms with Crippen molar-refractivity contribution < 1.29 is 9.84 Å². The van der Waals surface area contributed by atoms with Gasteiger partial charge in [0.05, 0.1) is 13.7 Å². The molecule has 0 aliphatic carbocycles. The molecule has 1 N–H and O–H groups in total. The SMILES string of the molecule is COc1ccc(Cl)cc1C(O)CN=C(N(C)C)N(C)C. The second-order valence-corrected chi connectivity index (χ2v) is 5.27. The summed E-state index contributed by atoms with van der Waals surface area (Å²) in [4.78, 5) is 8.21. The first-order valence-corrected chi connectivity index (χ1v) is 6.65. The molecule has 0 fully saturated rings. The number of ether oxygens (including phenoxy) is 1. The molecule has 0 heterocycles. The fourth-order valence-electron chi connectivity index (χ4n) is 1.91. The average Bonchev–Trinajstić information content (AvgIpc) is 2.37. The molecule has 1 rings (SSSR count). The number of rotatable bonds is 4. The van der Waals surface area contributed by atoms with Gasteiger partial charge in [-0.05, 0) is 18.2 Å². The highest BCUT2D eigenvalue weighted by atomic mass is 35.5. The van der Waals surface area contributed by atoms with Gasteiger partial charge in [-0.15, -0.1) is 0 Å². The van der Waals surface area contributed by atoms with Crippen molar-refractivity contribution in [3.8, 4) is 5.75 Å². The molecule has 0 saturated carbocycles. The van der Waals surface area contributed by atoms with Crippen LogP contribution in [-0.2, 0) is 0 Å². The summed E-state index contributed by atoms with van der Waals surface area (Å²) in [6.07, 6.45) is -0.765. The largest absolute Gasteiger partial charge is 0.496 e. The van der Waals surface area contributed by atoms with E-state index in [1.54, 1.807) is 25.3 Å². The van der Waals surface area contributed by atoms with Crippen LogP contribution >= 0.6 is 11.6 Å². The zero-order valence-electron chi connectivity index (χ0n) is 12.6. The van der Waals surface area contributed by atoms with E-state index < -0.39 is 6.10 Å². The average molecular weight is 300 g/mol. The molecule has 1 atom stereocenters. The molecular weight excluding hydrogens is 278 g/mol. The lowest BCUT2D eigenvalue weighted by atomic mass is 10.1. The molecule has 1 unspecified atom stereocenters. The Balaban J connectivity index is 2.93. The zero-order valence-corrected chi connectivity index (χ0v) is 13.3. The predicted molar refractivity (Wildman–Crippen MR) is 82.6 cm³/mol. The molecule has 0 radical (unpaired) electrons. The second-order valence-electron chi connectivity index (χ2n) is 4.83. The number of hydrogen-bond donors (Lipinski definition) is 1. The molecule has 20 heavy (non-hydrogen) atoms. The van der Waals surface area contributed by atoms with E-state index in [0.717, 1.165) is 5.96 Å². The van der Waals surface area contributed by atoms with Crippen LogP contribution in [0.2, 0.25) is 5.02 Å². The Bertz CT molecular complexity index is 465. The molecular formula is C14H22ClN3O2. The molecule has 1 aromatic carbocycles. The van der Waals surface area contributed by atoms with Crippen LogP contribution in [0.1, 0.15) is 11.7 Å². The van der Waals surface area contributed by atoms with Crippen molar-refractivity contribution in [3.05, 3.63) is 28.8 Å². The summed E-state index contributed by atoms with van der Waals surface area (Å²) in [6, 6.07) is 5.17. The first-order chi connectivity index (χ1) is 9.36. The fraction of sp³-hybridized carbons (Fsp3) is 0.500. The summed E-state index contributed by atoms with van der Waals surface area (Å²) in [5.74, 6) is 1.39. The van der Waals surface area contributed by atoms with E-state index in [9.17, 15) is 5.11 Å². The predicted octanol–water partition coefficient (Wildman–Crippen LogP) is 1.86. The minimum absolute atomic E-state index is 0.238. The number of methoxy groups -OCH3 is 1. The lowest BCUT2D eigenvalue weighted by Gasteiger charge is -2.23. The number of aliphatic hydroxyl groups excluding tert-OH is 1. The summed E-state index contributed by atoms with van der Waals surface area (Å²) in [7, 11) is 9.19. The van der Waals surface area contributed by atoms with E-state index in [-0.39, 0.29) is 6.54 Å². The van der Waals surface area contributed by atoms with E-state index in [0.29, 0.717) is 16.3 Å². The van der Waals surface area contributed by atoms with Gasteiger partial charge in [-0.1, -0.05) is 11.6 Å². The Hall–Kier alpha value is -1.46. The van der Waals surface area contributed by atoms with Gasteiger partial charge >= 0.3 is 0 Å². The minimum atomic E-state index is -0.765. The van der Waals surface area contributed by atoms with Crippen LogP contribution in [0.4, 0.5) is 0 Å². The molecule has 5 nitrogen and oxygen atoms in total. The van der Waals surface area contributed by atoms with E-state index >= 15 is 0 Å². The summed E-state index contributed by atoms with van der Waals surface area (Å²) >= 11 is 5.96. The van der Waals surface area contributed by atoms with Gasteiger partial charge in [0.1, 0.15) is 11.9 Å². The van der Waals surface area contributed by atoms with Gasteiger partial charge in [0.25, 0.3) is 0 Å². The smallest absolute Gasteiger partial charge is 0.195 e. The normalized spacial score (nSPS) is 11.8. The maximum absolute atomic E-state index is 10.3. The molecule has 0 aromatic heterocycles. The van der Waals surface area contributed by atoms with Crippen molar-refractivity contribution in [2.24, 2.45) is 4.99 Å². The number of benzene rings is 1. The molecule has 1 aromatic rings. The highest BCUT2D eigenvalue weighted by molar-refractivity contribution is 6.30. The molecule has 0 aliphatic heterocycles. The minimum Gasteiger partial charge on any atom is -0.496 e. The van der Waals surface area contributed by atoms with Gasteiger partial charge in [0, 0.05) is 38.8 Å². The number of aliphatic imine (C=N–C) groups is 1. The van der Waals surface area contributed by atoms with Crippen molar-refractivity contribution in [3.63, 3.8) is 0 Å². The van der Waals surface area contributed by atoms with E-state index in [1.807, 2.05) is 38.0 Å². The Morgan fingerprint density at radius 1 is 1.30 bits per heavy atom. The number of aliphatic hydroxyl groups is 1.